The molecule has 25 heavy (non-hydrogen) atoms. The fourth-order valence-corrected chi connectivity index (χ4v) is 3.26. The van der Waals surface area contributed by atoms with Gasteiger partial charge in [-0.3, -0.25) is 9.59 Å². The molecule has 1 heterocycles. The second-order valence-electron chi connectivity index (χ2n) is 6.80. The number of nitrogens with one attached hydrogen (secondary N) is 3. The molecule has 2 unspecified atom stereocenters. The van der Waals surface area contributed by atoms with Gasteiger partial charge in [-0.05, 0) is 68.5 Å². The third-order valence-electron chi connectivity index (χ3n) is 4.68. The van der Waals surface area contributed by atoms with Gasteiger partial charge >= 0.3 is 0 Å². The number of amides is 2. The molecule has 1 saturated heterocycles. The van der Waals surface area contributed by atoms with E-state index in [1.807, 2.05) is 0 Å². The Morgan fingerprint density at radius 3 is 2.72 bits per heavy atom. The lowest BCUT2D eigenvalue weighted by Gasteiger charge is -2.28. The van der Waals surface area contributed by atoms with Crippen molar-refractivity contribution < 1.29 is 9.59 Å². The van der Waals surface area contributed by atoms with Gasteiger partial charge in [0.05, 0.1) is 0 Å². The summed E-state index contributed by atoms with van der Waals surface area (Å²) in [6.07, 6.45) is 3.96. The number of piperidine rings is 1. The molecule has 0 bridgehead atoms. The van der Waals surface area contributed by atoms with Crippen molar-refractivity contribution in [2.75, 3.05) is 25.0 Å². The first kappa shape index (κ1) is 19.7. The Morgan fingerprint density at radius 2 is 2.04 bits per heavy atom. The summed E-state index contributed by atoms with van der Waals surface area (Å²) in [4.78, 5) is 23.9. The smallest absolute Gasteiger partial charge is 0.224 e. The Kier molecular flexibility index (Phi) is 8.22. The average molecular weight is 366 g/mol. The topological polar surface area (TPSA) is 70.2 Å². The Balaban J connectivity index is 1.57. The van der Waals surface area contributed by atoms with Gasteiger partial charge in [0, 0.05) is 30.1 Å². The Hall–Kier alpha value is -1.59. The molecule has 0 saturated carbocycles. The highest BCUT2D eigenvalue weighted by molar-refractivity contribution is 6.30. The Morgan fingerprint density at radius 1 is 1.28 bits per heavy atom. The lowest BCUT2D eigenvalue weighted by Crippen LogP contribution is -2.35. The number of halogens is 1. The maximum Gasteiger partial charge on any atom is 0.224 e. The van der Waals surface area contributed by atoms with Crippen molar-refractivity contribution in [1.82, 2.24) is 10.6 Å². The summed E-state index contributed by atoms with van der Waals surface area (Å²) in [6.45, 7) is 4.78. The standard InChI is InChI=1S/C19H28ClN3O2/c1-14(15-4-2-10-21-13-15)12-19(25)22-11-3-5-18(24)23-17-8-6-16(20)7-9-17/h6-9,14-15,21H,2-5,10-13H2,1H3,(H,22,25)(H,23,24). The molecule has 2 atom stereocenters. The van der Waals surface area contributed by atoms with E-state index in [0.29, 0.717) is 42.7 Å². The minimum absolute atomic E-state index is 0.0572. The first-order valence-corrected chi connectivity index (χ1v) is 9.45. The molecule has 0 aromatic heterocycles. The first-order valence-electron chi connectivity index (χ1n) is 9.07. The summed E-state index contributed by atoms with van der Waals surface area (Å²) in [5, 5.41) is 9.77. The van der Waals surface area contributed by atoms with Crippen molar-refractivity contribution in [3.05, 3.63) is 29.3 Å². The predicted molar refractivity (Wildman–Crippen MR) is 102 cm³/mol. The molecule has 1 aromatic rings. The highest BCUT2D eigenvalue weighted by atomic mass is 35.5. The molecule has 1 fully saturated rings. The third-order valence-corrected chi connectivity index (χ3v) is 4.93. The van der Waals surface area contributed by atoms with Gasteiger partial charge in [0.25, 0.3) is 0 Å². The van der Waals surface area contributed by atoms with E-state index < -0.39 is 0 Å². The summed E-state index contributed by atoms with van der Waals surface area (Å²) < 4.78 is 0. The van der Waals surface area contributed by atoms with Gasteiger partial charge in [-0.2, -0.15) is 0 Å². The van der Waals surface area contributed by atoms with Crippen molar-refractivity contribution in [3.63, 3.8) is 0 Å². The minimum atomic E-state index is -0.0572. The zero-order chi connectivity index (χ0) is 18.1. The molecular weight excluding hydrogens is 338 g/mol. The van der Waals surface area contributed by atoms with Crippen molar-refractivity contribution >= 4 is 29.1 Å². The fraction of sp³-hybridized carbons (Fsp3) is 0.579. The third kappa shape index (κ3) is 7.45. The molecule has 1 aliphatic rings. The highest BCUT2D eigenvalue weighted by Crippen LogP contribution is 2.22. The maximum atomic E-state index is 12.0. The van der Waals surface area contributed by atoms with Crippen molar-refractivity contribution in [2.45, 2.75) is 39.0 Å². The number of rotatable bonds is 8. The molecule has 138 valence electrons. The van der Waals surface area contributed by atoms with Crippen LogP contribution in [-0.2, 0) is 9.59 Å². The van der Waals surface area contributed by atoms with Crippen LogP contribution in [0.25, 0.3) is 0 Å². The quantitative estimate of drug-likeness (QED) is 0.619. The van der Waals surface area contributed by atoms with Crippen LogP contribution in [0.5, 0.6) is 0 Å². The number of hydrogen-bond acceptors (Lipinski definition) is 3. The molecule has 2 rings (SSSR count). The van der Waals surface area contributed by atoms with Crippen LogP contribution in [-0.4, -0.2) is 31.4 Å². The average Bonchev–Trinajstić information content (AvgIpc) is 2.61. The van der Waals surface area contributed by atoms with Gasteiger partial charge in [-0.15, -0.1) is 0 Å². The van der Waals surface area contributed by atoms with Crippen LogP contribution < -0.4 is 16.0 Å². The van der Waals surface area contributed by atoms with Crippen molar-refractivity contribution in [1.29, 1.82) is 0 Å². The molecule has 1 aliphatic heterocycles. The van der Waals surface area contributed by atoms with Crippen molar-refractivity contribution in [2.24, 2.45) is 11.8 Å². The van der Waals surface area contributed by atoms with E-state index in [0.717, 1.165) is 18.8 Å². The van der Waals surface area contributed by atoms with E-state index >= 15 is 0 Å². The zero-order valence-corrected chi connectivity index (χ0v) is 15.6. The molecule has 0 spiro atoms. The van der Waals surface area contributed by atoms with E-state index in [-0.39, 0.29) is 11.8 Å². The van der Waals surface area contributed by atoms with E-state index in [1.54, 1.807) is 24.3 Å². The van der Waals surface area contributed by atoms with Crippen molar-refractivity contribution in [3.8, 4) is 0 Å². The largest absolute Gasteiger partial charge is 0.356 e. The summed E-state index contributed by atoms with van der Waals surface area (Å²) in [5.41, 5.74) is 0.730. The van der Waals surface area contributed by atoms with Crippen LogP contribution in [0.1, 0.15) is 39.0 Å². The molecule has 1 aromatic carbocycles. The first-order chi connectivity index (χ1) is 12.0. The number of hydrogen-bond donors (Lipinski definition) is 3. The molecule has 5 nitrogen and oxygen atoms in total. The van der Waals surface area contributed by atoms with E-state index in [9.17, 15) is 9.59 Å². The number of benzene rings is 1. The zero-order valence-electron chi connectivity index (χ0n) is 14.8. The van der Waals surface area contributed by atoms with Crippen LogP contribution in [0.15, 0.2) is 24.3 Å². The molecule has 0 aliphatic carbocycles. The van der Waals surface area contributed by atoms with Gasteiger partial charge < -0.3 is 16.0 Å². The summed E-state index contributed by atoms with van der Waals surface area (Å²) >= 11 is 5.81. The Bertz CT molecular complexity index is 556. The van der Waals surface area contributed by atoms with E-state index in [4.69, 9.17) is 11.6 Å². The number of carbonyl (C=O) groups is 2. The summed E-state index contributed by atoms with van der Waals surface area (Å²) in [5.74, 6) is 1.00. The predicted octanol–water partition coefficient (Wildman–Crippen LogP) is 3.20. The monoisotopic (exact) mass is 365 g/mol. The molecular formula is C19H28ClN3O2. The lowest BCUT2D eigenvalue weighted by atomic mass is 9.85. The van der Waals surface area contributed by atoms with Gasteiger partial charge in [-0.25, -0.2) is 0 Å². The number of carbonyl (C=O) groups excluding carboxylic acids is 2. The van der Waals surface area contributed by atoms with Crippen LogP contribution >= 0.6 is 11.6 Å². The van der Waals surface area contributed by atoms with E-state index in [1.165, 1.54) is 12.8 Å². The van der Waals surface area contributed by atoms with Crippen LogP contribution in [0, 0.1) is 11.8 Å². The van der Waals surface area contributed by atoms with Gasteiger partial charge in [0.15, 0.2) is 0 Å². The molecule has 2 amide bonds. The van der Waals surface area contributed by atoms with Gasteiger partial charge in [0.1, 0.15) is 0 Å². The maximum absolute atomic E-state index is 12.0. The van der Waals surface area contributed by atoms with E-state index in [2.05, 4.69) is 22.9 Å². The molecule has 0 radical (unpaired) electrons. The van der Waals surface area contributed by atoms with Gasteiger partial charge in [-0.1, -0.05) is 18.5 Å². The fourth-order valence-electron chi connectivity index (χ4n) is 3.13. The van der Waals surface area contributed by atoms with Crippen LogP contribution in [0.4, 0.5) is 5.69 Å². The SMILES string of the molecule is CC(CC(=O)NCCCC(=O)Nc1ccc(Cl)cc1)C1CCCNC1. The highest BCUT2D eigenvalue weighted by Gasteiger charge is 2.21. The van der Waals surface area contributed by atoms with Crippen LogP contribution in [0.3, 0.4) is 0 Å². The lowest BCUT2D eigenvalue weighted by molar-refractivity contribution is -0.122. The summed E-state index contributed by atoms with van der Waals surface area (Å²) in [6, 6.07) is 7.01. The molecule has 3 N–H and O–H groups in total. The molecule has 6 heteroatoms. The second kappa shape index (κ2) is 10.4. The number of anilines is 1. The minimum Gasteiger partial charge on any atom is -0.356 e. The Labute approximate surface area is 154 Å². The van der Waals surface area contributed by atoms with Crippen LogP contribution in [0.2, 0.25) is 5.02 Å². The second-order valence-corrected chi connectivity index (χ2v) is 7.23. The normalized spacial score (nSPS) is 18.4. The van der Waals surface area contributed by atoms with Gasteiger partial charge in [0.2, 0.25) is 11.8 Å². The summed E-state index contributed by atoms with van der Waals surface area (Å²) in [7, 11) is 0.